The van der Waals surface area contributed by atoms with Gasteiger partial charge in [-0.3, -0.25) is 0 Å². The molecule has 3 saturated carbocycles. The van der Waals surface area contributed by atoms with Gasteiger partial charge in [0.15, 0.2) is 0 Å². The minimum atomic E-state index is 0.905. The normalized spacial score (nSPS) is 34.7. The van der Waals surface area contributed by atoms with E-state index in [0.717, 1.165) is 23.8 Å². The van der Waals surface area contributed by atoms with Crippen LogP contribution >= 0.6 is 0 Å². The molecule has 3 aliphatic rings. The average Bonchev–Trinajstić information content (AvgIpc) is 3.23. The Hall–Kier alpha value is -0.0400. The van der Waals surface area contributed by atoms with Crippen LogP contribution in [0, 0.1) is 17.8 Å². The number of hydrogen-bond donors (Lipinski definition) is 1. The molecule has 1 heteroatoms. The lowest BCUT2D eigenvalue weighted by Crippen LogP contribution is -2.33. The van der Waals surface area contributed by atoms with Crippen molar-refractivity contribution in [2.24, 2.45) is 17.8 Å². The standard InChI is InChI=1S/C17H31N/c1-2-6-14(7-3-1)12-15-8-4-5-9-16(15)13-18-17-10-11-17/h14-18H,1-13H2. The lowest BCUT2D eigenvalue weighted by molar-refractivity contribution is 0.173. The maximum Gasteiger partial charge on any atom is 0.00683 e. The number of rotatable bonds is 5. The molecule has 1 N–H and O–H groups in total. The van der Waals surface area contributed by atoms with Gasteiger partial charge in [0.2, 0.25) is 0 Å². The van der Waals surface area contributed by atoms with Crippen LogP contribution in [0.5, 0.6) is 0 Å². The Morgan fingerprint density at radius 2 is 1.33 bits per heavy atom. The van der Waals surface area contributed by atoms with Gasteiger partial charge in [0.05, 0.1) is 0 Å². The molecule has 0 heterocycles. The molecular weight excluding hydrogens is 218 g/mol. The lowest BCUT2D eigenvalue weighted by atomic mass is 9.72. The van der Waals surface area contributed by atoms with Gasteiger partial charge in [-0.25, -0.2) is 0 Å². The van der Waals surface area contributed by atoms with Gasteiger partial charge in [0.1, 0.15) is 0 Å². The largest absolute Gasteiger partial charge is 0.314 e. The second-order valence-electron chi connectivity index (χ2n) is 7.23. The highest BCUT2D eigenvalue weighted by molar-refractivity contribution is 4.85. The van der Waals surface area contributed by atoms with Crippen molar-refractivity contribution in [2.75, 3.05) is 6.54 Å². The van der Waals surface area contributed by atoms with E-state index in [2.05, 4.69) is 5.32 Å². The van der Waals surface area contributed by atoms with Crippen LogP contribution in [-0.2, 0) is 0 Å². The van der Waals surface area contributed by atoms with Crippen LogP contribution in [0.1, 0.15) is 77.0 Å². The molecule has 0 aliphatic heterocycles. The Bertz CT molecular complexity index is 240. The zero-order valence-electron chi connectivity index (χ0n) is 12.0. The highest BCUT2D eigenvalue weighted by atomic mass is 14.9. The quantitative estimate of drug-likeness (QED) is 0.755. The Labute approximate surface area is 113 Å². The van der Waals surface area contributed by atoms with E-state index in [1.165, 1.54) is 64.3 Å². The van der Waals surface area contributed by atoms with E-state index < -0.39 is 0 Å². The van der Waals surface area contributed by atoms with E-state index in [0.29, 0.717) is 0 Å². The fourth-order valence-corrected chi connectivity index (χ4v) is 4.32. The number of nitrogens with one attached hydrogen (secondary N) is 1. The predicted octanol–water partition coefficient (Wildman–Crippen LogP) is 4.52. The van der Waals surface area contributed by atoms with E-state index >= 15 is 0 Å². The molecule has 3 rings (SSSR count). The molecule has 3 fully saturated rings. The van der Waals surface area contributed by atoms with Crippen molar-refractivity contribution in [2.45, 2.75) is 83.1 Å². The molecule has 3 aliphatic carbocycles. The molecule has 0 radical (unpaired) electrons. The maximum absolute atomic E-state index is 3.79. The minimum Gasteiger partial charge on any atom is -0.314 e. The number of hydrogen-bond acceptors (Lipinski definition) is 1. The predicted molar refractivity (Wildman–Crippen MR) is 77.7 cm³/mol. The first-order valence-corrected chi connectivity index (χ1v) is 8.65. The van der Waals surface area contributed by atoms with E-state index in [9.17, 15) is 0 Å². The molecule has 1 nitrogen and oxygen atoms in total. The van der Waals surface area contributed by atoms with Crippen molar-refractivity contribution >= 4 is 0 Å². The van der Waals surface area contributed by atoms with Gasteiger partial charge in [-0.05, 0) is 50.0 Å². The fourth-order valence-electron chi connectivity index (χ4n) is 4.32. The summed E-state index contributed by atoms with van der Waals surface area (Å²) < 4.78 is 0. The Morgan fingerprint density at radius 3 is 2.06 bits per heavy atom. The topological polar surface area (TPSA) is 12.0 Å². The first-order chi connectivity index (χ1) is 8.92. The van der Waals surface area contributed by atoms with E-state index in [1.54, 1.807) is 19.3 Å². The molecule has 0 spiro atoms. The summed E-state index contributed by atoms with van der Waals surface area (Å²) in [7, 11) is 0. The monoisotopic (exact) mass is 249 g/mol. The summed E-state index contributed by atoms with van der Waals surface area (Å²) >= 11 is 0. The summed E-state index contributed by atoms with van der Waals surface area (Å²) in [5, 5.41) is 3.79. The van der Waals surface area contributed by atoms with E-state index in [4.69, 9.17) is 0 Å². The lowest BCUT2D eigenvalue weighted by Gasteiger charge is -2.35. The van der Waals surface area contributed by atoms with Gasteiger partial charge in [-0.15, -0.1) is 0 Å². The van der Waals surface area contributed by atoms with E-state index in [1.807, 2.05) is 0 Å². The summed E-state index contributed by atoms with van der Waals surface area (Å²) in [6, 6.07) is 0.905. The van der Waals surface area contributed by atoms with Crippen LogP contribution in [0.4, 0.5) is 0 Å². The van der Waals surface area contributed by atoms with Crippen molar-refractivity contribution in [3.8, 4) is 0 Å². The second kappa shape index (κ2) is 6.41. The molecule has 18 heavy (non-hydrogen) atoms. The molecule has 2 atom stereocenters. The highest BCUT2D eigenvalue weighted by Crippen LogP contribution is 2.38. The molecule has 0 saturated heterocycles. The molecule has 0 aromatic carbocycles. The summed E-state index contributed by atoms with van der Waals surface area (Å²) in [5.74, 6) is 3.17. The van der Waals surface area contributed by atoms with Gasteiger partial charge in [0.25, 0.3) is 0 Å². The maximum atomic E-state index is 3.79. The van der Waals surface area contributed by atoms with Gasteiger partial charge in [-0.2, -0.15) is 0 Å². The van der Waals surface area contributed by atoms with E-state index in [-0.39, 0.29) is 0 Å². The van der Waals surface area contributed by atoms with Gasteiger partial charge < -0.3 is 5.32 Å². The minimum absolute atomic E-state index is 0.905. The SMILES string of the molecule is C1CCC(CC2CCCCC2CNC2CC2)CC1. The summed E-state index contributed by atoms with van der Waals surface area (Å²) in [6.45, 7) is 1.34. The Morgan fingerprint density at radius 1 is 0.667 bits per heavy atom. The third kappa shape index (κ3) is 3.73. The van der Waals surface area contributed by atoms with Crippen LogP contribution in [0.25, 0.3) is 0 Å². The van der Waals surface area contributed by atoms with Gasteiger partial charge in [-0.1, -0.05) is 51.4 Å². The van der Waals surface area contributed by atoms with Crippen molar-refractivity contribution in [3.63, 3.8) is 0 Å². The van der Waals surface area contributed by atoms with Gasteiger partial charge in [0, 0.05) is 6.04 Å². The van der Waals surface area contributed by atoms with Crippen molar-refractivity contribution < 1.29 is 0 Å². The summed E-state index contributed by atoms with van der Waals surface area (Å²) in [4.78, 5) is 0. The second-order valence-corrected chi connectivity index (χ2v) is 7.23. The van der Waals surface area contributed by atoms with Crippen LogP contribution in [0.3, 0.4) is 0 Å². The zero-order chi connectivity index (χ0) is 12.2. The first kappa shape index (κ1) is 13.0. The van der Waals surface area contributed by atoms with Crippen molar-refractivity contribution in [3.05, 3.63) is 0 Å². The summed E-state index contributed by atoms with van der Waals surface area (Å²) in [5.41, 5.74) is 0. The third-order valence-corrected chi connectivity index (χ3v) is 5.67. The first-order valence-electron chi connectivity index (χ1n) is 8.65. The van der Waals surface area contributed by atoms with Crippen LogP contribution in [-0.4, -0.2) is 12.6 Å². The fraction of sp³-hybridized carbons (Fsp3) is 1.00. The Balaban J connectivity index is 1.46. The Kier molecular flexibility index (Phi) is 4.62. The van der Waals surface area contributed by atoms with Crippen LogP contribution < -0.4 is 5.32 Å². The molecule has 0 bridgehead atoms. The molecular formula is C17H31N. The molecule has 0 aromatic rings. The van der Waals surface area contributed by atoms with Crippen molar-refractivity contribution in [1.82, 2.24) is 5.32 Å². The third-order valence-electron chi connectivity index (χ3n) is 5.67. The molecule has 2 unspecified atom stereocenters. The average molecular weight is 249 g/mol. The smallest absolute Gasteiger partial charge is 0.00683 e. The molecule has 0 aromatic heterocycles. The molecule has 0 amide bonds. The van der Waals surface area contributed by atoms with Gasteiger partial charge >= 0.3 is 0 Å². The summed E-state index contributed by atoms with van der Waals surface area (Å²) in [6.07, 6.45) is 18.1. The van der Waals surface area contributed by atoms with Crippen LogP contribution in [0.15, 0.2) is 0 Å². The van der Waals surface area contributed by atoms with Crippen LogP contribution in [0.2, 0.25) is 0 Å². The highest BCUT2D eigenvalue weighted by Gasteiger charge is 2.29. The zero-order valence-corrected chi connectivity index (χ0v) is 12.0. The van der Waals surface area contributed by atoms with Crippen molar-refractivity contribution in [1.29, 1.82) is 0 Å². The molecule has 104 valence electrons.